The third kappa shape index (κ3) is 2.66. The van der Waals surface area contributed by atoms with E-state index in [1.165, 1.54) is 11.0 Å². The van der Waals surface area contributed by atoms with Crippen molar-refractivity contribution < 1.29 is 14.0 Å². The largest absolute Gasteiger partial charge is 0.342 e. The molecule has 2 rings (SSSR count). The van der Waals surface area contributed by atoms with Crippen LogP contribution in [0.25, 0.3) is 0 Å². The summed E-state index contributed by atoms with van der Waals surface area (Å²) in [7, 11) is 0. The zero-order valence-electron chi connectivity index (χ0n) is 11.9. The van der Waals surface area contributed by atoms with Crippen molar-refractivity contribution in [3.05, 3.63) is 29.6 Å². The molecule has 0 radical (unpaired) electrons. The monoisotopic (exact) mass is 278 g/mol. The molecule has 1 heterocycles. The van der Waals surface area contributed by atoms with Crippen molar-refractivity contribution in [1.29, 1.82) is 0 Å². The average molecular weight is 278 g/mol. The molecule has 1 aromatic carbocycles. The highest BCUT2D eigenvalue weighted by Crippen LogP contribution is 2.24. The fourth-order valence-corrected chi connectivity index (χ4v) is 2.33. The lowest BCUT2D eigenvalue weighted by Gasteiger charge is -2.35. The number of hydrogen-bond donors (Lipinski definition) is 1. The van der Waals surface area contributed by atoms with Gasteiger partial charge in [-0.25, -0.2) is 4.39 Å². The molecular formula is C15H19FN2O2. The summed E-state index contributed by atoms with van der Waals surface area (Å²) in [6.07, 6.45) is 0.765. The summed E-state index contributed by atoms with van der Waals surface area (Å²) >= 11 is 0. The first-order chi connectivity index (χ1) is 9.43. The number of nitrogens with zero attached hydrogens (tertiary/aromatic N) is 1. The minimum atomic E-state index is -0.582. The van der Waals surface area contributed by atoms with Crippen molar-refractivity contribution in [2.24, 2.45) is 5.92 Å². The molecule has 0 spiro atoms. The van der Waals surface area contributed by atoms with E-state index in [0.29, 0.717) is 0 Å². The van der Waals surface area contributed by atoms with Crippen LogP contribution in [0.15, 0.2) is 18.2 Å². The number of piperazine rings is 1. The van der Waals surface area contributed by atoms with Gasteiger partial charge in [0.15, 0.2) is 0 Å². The van der Waals surface area contributed by atoms with Crippen LogP contribution in [-0.4, -0.2) is 24.4 Å². The van der Waals surface area contributed by atoms with Crippen molar-refractivity contribution in [2.45, 2.75) is 33.2 Å². The summed E-state index contributed by atoms with van der Waals surface area (Å²) in [5.74, 6) is -0.963. The van der Waals surface area contributed by atoms with Crippen molar-refractivity contribution >= 4 is 17.5 Å². The van der Waals surface area contributed by atoms with Gasteiger partial charge in [0.05, 0.1) is 5.69 Å². The maximum absolute atomic E-state index is 14.0. The van der Waals surface area contributed by atoms with Gasteiger partial charge in [0.1, 0.15) is 18.4 Å². The Hall–Kier alpha value is -1.91. The van der Waals surface area contributed by atoms with E-state index >= 15 is 0 Å². The number of benzene rings is 1. The van der Waals surface area contributed by atoms with E-state index in [4.69, 9.17) is 0 Å². The van der Waals surface area contributed by atoms with E-state index in [0.717, 1.165) is 12.0 Å². The number of nitrogens with one attached hydrogen (secondary N) is 1. The molecule has 1 N–H and O–H groups in total. The lowest BCUT2D eigenvalue weighted by Crippen LogP contribution is -2.60. The normalized spacial score (nSPS) is 20.8. The van der Waals surface area contributed by atoms with Gasteiger partial charge >= 0.3 is 0 Å². The molecule has 1 saturated heterocycles. The molecule has 20 heavy (non-hydrogen) atoms. The van der Waals surface area contributed by atoms with Crippen LogP contribution < -0.4 is 10.2 Å². The Bertz CT molecular complexity index is 545. The van der Waals surface area contributed by atoms with Crippen LogP contribution in [0, 0.1) is 18.7 Å². The Morgan fingerprint density at radius 1 is 1.45 bits per heavy atom. The van der Waals surface area contributed by atoms with Gasteiger partial charge in [-0.3, -0.25) is 14.5 Å². The quantitative estimate of drug-likeness (QED) is 0.919. The third-order valence-electron chi connectivity index (χ3n) is 3.76. The van der Waals surface area contributed by atoms with Crippen molar-refractivity contribution in [2.75, 3.05) is 11.4 Å². The molecule has 4 nitrogen and oxygen atoms in total. The van der Waals surface area contributed by atoms with Crippen LogP contribution in [0.4, 0.5) is 10.1 Å². The predicted molar refractivity (Wildman–Crippen MR) is 74.9 cm³/mol. The highest BCUT2D eigenvalue weighted by molar-refractivity contribution is 6.06. The van der Waals surface area contributed by atoms with Gasteiger partial charge in [0, 0.05) is 0 Å². The third-order valence-corrected chi connectivity index (χ3v) is 3.76. The molecule has 1 aliphatic heterocycles. The summed E-state index contributed by atoms with van der Waals surface area (Å²) < 4.78 is 14.0. The summed E-state index contributed by atoms with van der Waals surface area (Å²) in [6.45, 7) is 5.50. The van der Waals surface area contributed by atoms with Crippen molar-refractivity contribution in [3.8, 4) is 0 Å². The molecule has 1 aliphatic rings. The second kappa shape index (κ2) is 5.61. The number of hydrogen-bond acceptors (Lipinski definition) is 2. The molecule has 2 atom stereocenters. The molecule has 2 amide bonds. The van der Waals surface area contributed by atoms with Gasteiger partial charge in [0.25, 0.3) is 0 Å². The molecule has 2 unspecified atom stereocenters. The molecule has 1 fully saturated rings. The number of aryl methyl sites for hydroxylation is 1. The van der Waals surface area contributed by atoms with E-state index in [1.54, 1.807) is 19.1 Å². The zero-order chi connectivity index (χ0) is 14.9. The number of carbonyl (C=O) groups excluding carboxylic acids is 2. The lowest BCUT2D eigenvalue weighted by atomic mass is 9.96. The second-order valence-electron chi connectivity index (χ2n) is 5.31. The summed E-state index contributed by atoms with van der Waals surface area (Å²) in [5, 5.41) is 2.69. The predicted octanol–water partition coefficient (Wildman–Crippen LogP) is 2.01. The smallest absolute Gasteiger partial charge is 0.250 e. The molecule has 0 aromatic heterocycles. The van der Waals surface area contributed by atoms with Crippen LogP contribution in [0.2, 0.25) is 0 Å². The number of carbonyl (C=O) groups is 2. The van der Waals surface area contributed by atoms with Crippen molar-refractivity contribution in [3.63, 3.8) is 0 Å². The summed E-state index contributed by atoms with van der Waals surface area (Å²) in [6, 6.07) is 4.07. The van der Waals surface area contributed by atoms with Gasteiger partial charge in [-0.1, -0.05) is 26.3 Å². The molecule has 0 bridgehead atoms. The Morgan fingerprint density at radius 3 is 2.75 bits per heavy atom. The number of rotatable bonds is 3. The highest BCUT2D eigenvalue weighted by atomic mass is 19.1. The van der Waals surface area contributed by atoms with Gasteiger partial charge in [-0.15, -0.1) is 0 Å². The Morgan fingerprint density at radius 2 is 2.15 bits per heavy atom. The van der Waals surface area contributed by atoms with Crippen LogP contribution in [-0.2, 0) is 9.59 Å². The SMILES string of the molecule is CCC(C)C1NC(=O)CN(c2ccc(C)cc2F)C1=O. The zero-order valence-corrected chi connectivity index (χ0v) is 11.9. The number of amides is 2. The molecule has 0 aliphatic carbocycles. The highest BCUT2D eigenvalue weighted by Gasteiger charge is 2.37. The minimum Gasteiger partial charge on any atom is -0.342 e. The van der Waals surface area contributed by atoms with Crippen molar-refractivity contribution in [1.82, 2.24) is 5.32 Å². The molecule has 1 aromatic rings. The summed E-state index contributed by atoms with van der Waals surface area (Å²) in [4.78, 5) is 25.5. The fourth-order valence-electron chi connectivity index (χ4n) is 2.33. The van der Waals surface area contributed by atoms with E-state index in [9.17, 15) is 14.0 Å². The van der Waals surface area contributed by atoms with E-state index in [1.807, 2.05) is 13.8 Å². The number of anilines is 1. The fraction of sp³-hybridized carbons (Fsp3) is 0.467. The van der Waals surface area contributed by atoms with Gasteiger partial charge in [-0.2, -0.15) is 0 Å². The summed E-state index contributed by atoms with van der Waals surface area (Å²) in [5.41, 5.74) is 0.947. The van der Waals surface area contributed by atoms with Crippen LogP contribution in [0.3, 0.4) is 0 Å². The van der Waals surface area contributed by atoms with Gasteiger partial charge in [0.2, 0.25) is 11.8 Å². The molecular weight excluding hydrogens is 259 g/mol. The van der Waals surface area contributed by atoms with E-state index < -0.39 is 11.9 Å². The first-order valence-electron chi connectivity index (χ1n) is 6.81. The second-order valence-corrected chi connectivity index (χ2v) is 5.31. The van der Waals surface area contributed by atoms with Crippen LogP contribution >= 0.6 is 0 Å². The van der Waals surface area contributed by atoms with E-state index in [2.05, 4.69) is 5.32 Å². The van der Waals surface area contributed by atoms with E-state index in [-0.39, 0.29) is 30.0 Å². The van der Waals surface area contributed by atoms with Gasteiger partial charge < -0.3 is 5.32 Å². The number of halogens is 1. The Balaban J connectivity index is 2.35. The van der Waals surface area contributed by atoms with Gasteiger partial charge in [-0.05, 0) is 30.5 Å². The topological polar surface area (TPSA) is 49.4 Å². The van der Waals surface area contributed by atoms with Crippen LogP contribution in [0.5, 0.6) is 0 Å². The van der Waals surface area contributed by atoms with Crippen LogP contribution in [0.1, 0.15) is 25.8 Å². The molecule has 108 valence electrons. The first kappa shape index (κ1) is 14.5. The maximum atomic E-state index is 14.0. The molecule has 5 heteroatoms. The standard InChI is InChI=1S/C15H19FN2O2/c1-4-10(3)14-15(20)18(8-13(19)17-14)12-6-5-9(2)7-11(12)16/h5-7,10,14H,4,8H2,1-3H3,(H,17,19). The first-order valence-corrected chi connectivity index (χ1v) is 6.81. The Kier molecular flexibility index (Phi) is 4.06. The average Bonchev–Trinajstić information content (AvgIpc) is 2.40. The Labute approximate surface area is 118 Å². The maximum Gasteiger partial charge on any atom is 0.250 e. The molecule has 0 saturated carbocycles. The minimum absolute atomic E-state index is 0.0164. The lowest BCUT2D eigenvalue weighted by molar-refractivity contribution is -0.132.